The van der Waals surface area contributed by atoms with Crippen molar-refractivity contribution < 1.29 is 22.6 Å². The van der Waals surface area contributed by atoms with Crippen molar-refractivity contribution in [2.75, 3.05) is 12.9 Å². The number of aromatic nitrogens is 2. The Labute approximate surface area is 160 Å². The summed E-state index contributed by atoms with van der Waals surface area (Å²) in [4.78, 5) is 10.6. The highest BCUT2D eigenvalue weighted by molar-refractivity contribution is 9.10. The van der Waals surface area contributed by atoms with Crippen LogP contribution in [0.5, 0.6) is 0 Å². The van der Waals surface area contributed by atoms with Crippen LogP contribution < -0.4 is 0 Å². The second-order valence-electron chi connectivity index (χ2n) is 5.27. The van der Waals surface area contributed by atoms with Crippen LogP contribution in [0, 0.1) is 17.0 Å². The Kier molecular flexibility index (Phi) is 8.34. The summed E-state index contributed by atoms with van der Waals surface area (Å²) in [5.74, 6) is 0. The van der Waals surface area contributed by atoms with Gasteiger partial charge in [-0.1, -0.05) is 6.07 Å². The number of aliphatic hydroxyl groups is 1. The molecule has 0 unspecified atom stereocenters. The molecule has 0 saturated carbocycles. The van der Waals surface area contributed by atoms with Gasteiger partial charge in [-0.2, -0.15) is 13.5 Å². The van der Waals surface area contributed by atoms with E-state index in [0.717, 1.165) is 11.9 Å². The maximum absolute atomic E-state index is 11.2. The third kappa shape index (κ3) is 7.20. The highest BCUT2D eigenvalue weighted by Crippen LogP contribution is 2.23. The molecule has 2 aromatic rings. The van der Waals surface area contributed by atoms with Crippen LogP contribution in [0.4, 0.5) is 5.69 Å². The van der Waals surface area contributed by atoms with E-state index in [0.29, 0.717) is 16.7 Å². The Morgan fingerprint density at radius 2 is 2.00 bits per heavy atom. The molecule has 1 aromatic heterocycles. The fourth-order valence-corrected chi connectivity index (χ4v) is 2.84. The van der Waals surface area contributed by atoms with E-state index in [1.165, 1.54) is 12.1 Å². The van der Waals surface area contributed by atoms with Crippen molar-refractivity contribution in [3.8, 4) is 0 Å². The summed E-state index contributed by atoms with van der Waals surface area (Å²) in [7, 11) is -3.67. The van der Waals surface area contributed by atoms with E-state index in [1.54, 1.807) is 17.7 Å². The predicted molar refractivity (Wildman–Crippen MR) is 99.3 cm³/mol. The Hall–Kier alpha value is -1.82. The van der Waals surface area contributed by atoms with Gasteiger partial charge >= 0.3 is 0 Å². The third-order valence-corrected chi connectivity index (χ3v) is 3.99. The van der Waals surface area contributed by atoms with Crippen molar-refractivity contribution in [3.05, 3.63) is 55.8 Å². The van der Waals surface area contributed by atoms with Crippen LogP contribution >= 0.6 is 15.9 Å². The van der Waals surface area contributed by atoms with Gasteiger partial charge in [0.25, 0.3) is 15.8 Å². The lowest BCUT2D eigenvalue weighted by molar-refractivity contribution is -0.385. The van der Waals surface area contributed by atoms with Gasteiger partial charge in [-0.05, 0) is 47.5 Å². The van der Waals surface area contributed by atoms with Gasteiger partial charge in [0.1, 0.15) is 4.60 Å². The zero-order valence-electron chi connectivity index (χ0n) is 14.5. The molecule has 1 aromatic carbocycles. The van der Waals surface area contributed by atoms with Gasteiger partial charge in [0.05, 0.1) is 29.9 Å². The number of rotatable bonds is 6. The molecule has 0 aliphatic heterocycles. The lowest BCUT2D eigenvalue weighted by atomic mass is 10.1. The molecule has 0 radical (unpaired) electrons. The molecule has 0 aliphatic carbocycles. The first-order chi connectivity index (χ1) is 12.1. The number of benzene rings is 1. The molecular weight excluding hydrogens is 430 g/mol. The van der Waals surface area contributed by atoms with Crippen LogP contribution in [0.1, 0.15) is 23.7 Å². The quantitative estimate of drug-likeness (QED) is 0.407. The summed E-state index contributed by atoms with van der Waals surface area (Å²) >= 11 is 3.27. The lowest BCUT2D eigenvalue weighted by Gasteiger charge is -2.07. The predicted octanol–water partition coefficient (Wildman–Crippen LogP) is 2.39. The SMILES string of the molecule is CCO.Cc1cc(Br)nn1Cc1ccc(COS(C)(=O)=O)c([N+](=O)[O-])c1. The standard InChI is InChI=1S/C13H14BrN3O5S.C2H6O/c1-9-5-13(14)15-16(9)7-10-3-4-11(8-22-23(2,20)21)12(6-10)17(18)19;1-2-3/h3-6H,7-8H2,1-2H3;3H,2H2,1H3. The number of halogens is 1. The number of nitro groups is 1. The number of hydrogen-bond donors (Lipinski definition) is 1. The molecule has 0 atom stereocenters. The largest absolute Gasteiger partial charge is 0.397 e. The van der Waals surface area contributed by atoms with Crippen LogP contribution in [0.2, 0.25) is 0 Å². The van der Waals surface area contributed by atoms with Gasteiger partial charge in [-0.3, -0.25) is 19.0 Å². The molecule has 0 spiro atoms. The first kappa shape index (κ1) is 22.2. The van der Waals surface area contributed by atoms with Crippen LogP contribution in [-0.4, -0.2) is 41.1 Å². The summed E-state index contributed by atoms with van der Waals surface area (Å²) in [5, 5.41) is 23.0. The molecule has 0 aliphatic rings. The fraction of sp³-hybridized carbons (Fsp3) is 0.400. The molecule has 0 amide bonds. The molecule has 1 N–H and O–H groups in total. The van der Waals surface area contributed by atoms with Crippen molar-refractivity contribution in [1.82, 2.24) is 9.78 Å². The summed E-state index contributed by atoms with van der Waals surface area (Å²) in [6, 6.07) is 6.41. The monoisotopic (exact) mass is 449 g/mol. The lowest BCUT2D eigenvalue weighted by Crippen LogP contribution is -2.07. The second kappa shape index (κ2) is 9.76. The number of nitro benzene ring substituents is 1. The van der Waals surface area contributed by atoms with E-state index >= 15 is 0 Å². The van der Waals surface area contributed by atoms with Gasteiger partial charge in [0, 0.05) is 18.4 Å². The highest BCUT2D eigenvalue weighted by Gasteiger charge is 2.17. The van der Waals surface area contributed by atoms with E-state index in [4.69, 9.17) is 5.11 Å². The van der Waals surface area contributed by atoms with Crippen LogP contribution in [-0.2, 0) is 27.5 Å². The fourth-order valence-electron chi connectivity index (χ4n) is 1.97. The third-order valence-electron chi connectivity index (χ3n) is 3.06. The summed E-state index contributed by atoms with van der Waals surface area (Å²) in [6.07, 6.45) is 0.894. The van der Waals surface area contributed by atoms with Gasteiger partial charge < -0.3 is 5.11 Å². The van der Waals surface area contributed by atoms with E-state index in [-0.39, 0.29) is 24.5 Å². The topological polar surface area (TPSA) is 125 Å². The molecule has 11 heteroatoms. The van der Waals surface area contributed by atoms with E-state index in [1.807, 2.05) is 13.0 Å². The summed E-state index contributed by atoms with van der Waals surface area (Å²) < 4.78 is 29.1. The van der Waals surface area contributed by atoms with Crippen molar-refractivity contribution >= 4 is 31.7 Å². The molecule has 1 heterocycles. The Bertz CT molecular complexity index is 866. The first-order valence-corrected chi connectivity index (χ1v) is 10.1. The maximum atomic E-state index is 11.2. The summed E-state index contributed by atoms with van der Waals surface area (Å²) in [5.41, 5.74) is 1.60. The van der Waals surface area contributed by atoms with Gasteiger partial charge in [0.15, 0.2) is 0 Å². The molecule has 0 saturated heterocycles. The molecule has 0 bridgehead atoms. The molecule has 0 fully saturated rings. The van der Waals surface area contributed by atoms with E-state index in [9.17, 15) is 18.5 Å². The van der Waals surface area contributed by atoms with Crippen molar-refractivity contribution in [2.45, 2.75) is 27.0 Å². The van der Waals surface area contributed by atoms with Gasteiger partial charge in [0.2, 0.25) is 0 Å². The van der Waals surface area contributed by atoms with Crippen molar-refractivity contribution in [2.24, 2.45) is 0 Å². The Balaban J connectivity index is 0.00000105. The molecule has 144 valence electrons. The number of hydrogen-bond acceptors (Lipinski definition) is 7. The van der Waals surface area contributed by atoms with Gasteiger partial charge in [-0.25, -0.2) is 0 Å². The van der Waals surface area contributed by atoms with Gasteiger partial charge in [-0.15, -0.1) is 0 Å². The minimum Gasteiger partial charge on any atom is -0.397 e. The van der Waals surface area contributed by atoms with E-state index < -0.39 is 15.0 Å². The highest BCUT2D eigenvalue weighted by atomic mass is 79.9. The van der Waals surface area contributed by atoms with Crippen molar-refractivity contribution in [1.29, 1.82) is 0 Å². The Morgan fingerprint density at radius 1 is 1.38 bits per heavy atom. The minimum absolute atomic E-state index is 0.185. The second-order valence-corrected chi connectivity index (χ2v) is 7.73. The minimum atomic E-state index is -3.67. The molecule has 2 rings (SSSR count). The normalized spacial score (nSPS) is 11.0. The average molecular weight is 450 g/mol. The molecule has 9 nitrogen and oxygen atoms in total. The van der Waals surface area contributed by atoms with Crippen LogP contribution in [0.15, 0.2) is 28.9 Å². The number of aryl methyl sites for hydroxylation is 1. The maximum Gasteiger partial charge on any atom is 0.275 e. The number of aliphatic hydroxyl groups excluding tert-OH is 1. The zero-order valence-corrected chi connectivity index (χ0v) is 16.9. The average Bonchev–Trinajstić information content (AvgIpc) is 2.83. The zero-order chi connectivity index (χ0) is 19.9. The van der Waals surface area contributed by atoms with Crippen LogP contribution in [0.3, 0.4) is 0 Å². The van der Waals surface area contributed by atoms with E-state index in [2.05, 4.69) is 25.2 Å². The smallest absolute Gasteiger partial charge is 0.275 e. The van der Waals surface area contributed by atoms with Crippen molar-refractivity contribution in [3.63, 3.8) is 0 Å². The van der Waals surface area contributed by atoms with Crippen LogP contribution in [0.25, 0.3) is 0 Å². The molecular formula is C15H20BrN3O6S. The molecule has 26 heavy (non-hydrogen) atoms. The summed E-state index contributed by atoms with van der Waals surface area (Å²) in [6.45, 7) is 3.80. The number of nitrogens with zero attached hydrogens (tertiary/aromatic N) is 3. The first-order valence-electron chi connectivity index (χ1n) is 7.48. The Morgan fingerprint density at radius 3 is 2.46 bits per heavy atom.